The summed E-state index contributed by atoms with van der Waals surface area (Å²) in [6.07, 6.45) is 1.73. The summed E-state index contributed by atoms with van der Waals surface area (Å²) in [5, 5.41) is 7.57. The molecule has 0 radical (unpaired) electrons. The van der Waals surface area contributed by atoms with Gasteiger partial charge < -0.3 is 14.5 Å². The maximum absolute atomic E-state index is 13.0. The van der Waals surface area contributed by atoms with E-state index >= 15 is 0 Å². The molecule has 6 heteroatoms. The summed E-state index contributed by atoms with van der Waals surface area (Å²) < 4.78 is 12.7. The van der Waals surface area contributed by atoms with Gasteiger partial charge in [-0.3, -0.25) is 4.79 Å². The topological polar surface area (TPSA) is 69.3 Å². The van der Waals surface area contributed by atoms with E-state index < -0.39 is 0 Å². The van der Waals surface area contributed by atoms with Gasteiger partial charge in [-0.2, -0.15) is 5.10 Å². The third-order valence-corrected chi connectivity index (χ3v) is 4.54. The Bertz CT molecular complexity index is 1130. The maximum atomic E-state index is 13.0. The molecule has 2 aromatic heterocycles. The molecule has 0 unspecified atom stereocenters. The second-order valence-electron chi connectivity index (χ2n) is 6.62. The van der Waals surface area contributed by atoms with Crippen molar-refractivity contribution in [2.75, 3.05) is 7.11 Å². The van der Waals surface area contributed by atoms with Crippen molar-refractivity contribution in [2.45, 2.75) is 13.5 Å². The normalized spacial score (nSPS) is 10.7. The van der Waals surface area contributed by atoms with Crippen LogP contribution in [0.2, 0.25) is 0 Å². The van der Waals surface area contributed by atoms with Gasteiger partial charge >= 0.3 is 0 Å². The van der Waals surface area contributed by atoms with Crippen molar-refractivity contribution in [3.63, 3.8) is 0 Å². The molecule has 0 saturated heterocycles. The number of rotatable bonds is 6. The van der Waals surface area contributed by atoms with Gasteiger partial charge in [0.25, 0.3) is 5.91 Å². The van der Waals surface area contributed by atoms with E-state index in [-0.39, 0.29) is 5.91 Å². The molecule has 0 aliphatic carbocycles. The van der Waals surface area contributed by atoms with Gasteiger partial charge in [-0.15, -0.1) is 0 Å². The minimum Gasteiger partial charge on any atom is -0.497 e. The van der Waals surface area contributed by atoms with E-state index in [2.05, 4.69) is 10.4 Å². The fourth-order valence-corrected chi connectivity index (χ4v) is 3.06. The molecule has 0 saturated carbocycles. The van der Waals surface area contributed by atoms with E-state index in [9.17, 15) is 4.79 Å². The third kappa shape index (κ3) is 4.06. The van der Waals surface area contributed by atoms with Gasteiger partial charge in [0.2, 0.25) is 0 Å². The van der Waals surface area contributed by atoms with E-state index in [0.29, 0.717) is 23.6 Å². The fraction of sp³-hybridized carbons (Fsp3) is 0.130. The predicted octanol–water partition coefficient (Wildman–Crippen LogP) is 4.38. The molecule has 2 heterocycles. The lowest BCUT2D eigenvalue weighted by molar-refractivity contribution is 0.0951. The molecule has 0 fully saturated rings. The number of nitrogens with one attached hydrogen (secondary N) is 1. The number of methoxy groups -OCH3 is 1. The smallest absolute Gasteiger partial charge is 0.255 e. The average Bonchev–Trinajstić information content (AvgIpc) is 3.39. The molecule has 146 valence electrons. The van der Waals surface area contributed by atoms with Crippen LogP contribution in [0.15, 0.2) is 77.3 Å². The highest BCUT2D eigenvalue weighted by molar-refractivity contribution is 5.99. The number of furan rings is 1. The van der Waals surface area contributed by atoms with Crippen LogP contribution in [0.1, 0.15) is 21.7 Å². The second-order valence-corrected chi connectivity index (χ2v) is 6.62. The Labute approximate surface area is 168 Å². The zero-order chi connectivity index (χ0) is 20.2. The molecule has 0 aliphatic rings. The largest absolute Gasteiger partial charge is 0.497 e. The molecular weight excluding hydrogens is 366 g/mol. The van der Waals surface area contributed by atoms with Crippen LogP contribution in [0.3, 0.4) is 0 Å². The van der Waals surface area contributed by atoms with Crippen LogP contribution in [0.4, 0.5) is 0 Å². The first-order valence-electron chi connectivity index (χ1n) is 9.27. The van der Waals surface area contributed by atoms with E-state index in [1.54, 1.807) is 18.0 Å². The SMILES string of the molecule is COc1cccc(CNC(=O)c2cn(-c3ccccc3)nc2-c2ccc(C)o2)c1. The minimum absolute atomic E-state index is 0.223. The molecule has 1 N–H and O–H groups in total. The van der Waals surface area contributed by atoms with Gasteiger partial charge in [0, 0.05) is 12.7 Å². The Morgan fingerprint density at radius 3 is 2.66 bits per heavy atom. The van der Waals surface area contributed by atoms with Crippen LogP contribution in [0.5, 0.6) is 5.75 Å². The number of aromatic nitrogens is 2. The summed E-state index contributed by atoms with van der Waals surface area (Å²) in [4.78, 5) is 13.0. The van der Waals surface area contributed by atoms with E-state index in [1.165, 1.54) is 0 Å². The Hall–Kier alpha value is -3.80. The maximum Gasteiger partial charge on any atom is 0.255 e. The Morgan fingerprint density at radius 1 is 1.10 bits per heavy atom. The Kier molecular flexibility index (Phi) is 5.16. The highest BCUT2D eigenvalue weighted by atomic mass is 16.5. The first kappa shape index (κ1) is 18.6. The van der Waals surface area contributed by atoms with Crippen molar-refractivity contribution in [3.05, 3.63) is 89.8 Å². The zero-order valence-corrected chi connectivity index (χ0v) is 16.3. The number of benzene rings is 2. The molecule has 4 aromatic rings. The molecule has 0 spiro atoms. The van der Waals surface area contributed by atoms with E-state index in [1.807, 2.05) is 73.7 Å². The second kappa shape index (κ2) is 8.06. The molecule has 4 rings (SSSR count). The first-order valence-corrected chi connectivity index (χ1v) is 9.27. The van der Waals surface area contributed by atoms with Crippen LogP contribution in [0, 0.1) is 6.92 Å². The highest BCUT2D eigenvalue weighted by Gasteiger charge is 2.20. The minimum atomic E-state index is -0.223. The molecule has 0 bridgehead atoms. The molecule has 0 aliphatic heterocycles. The number of nitrogens with zero attached hydrogens (tertiary/aromatic N) is 2. The van der Waals surface area contributed by atoms with Crippen LogP contribution in [-0.4, -0.2) is 22.8 Å². The van der Waals surface area contributed by atoms with E-state index in [0.717, 1.165) is 22.8 Å². The Balaban J connectivity index is 1.64. The highest BCUT2D eigenvalue weighted by Crippen LogP contribution is 2.26. The fourth-order valence-electron chi connectivity index (χ4n) is 3.06. The van der Waals surface area contributed by atoms with Crippen LogP contribution >= 0.6 is 0 Å². The summed E-state index contributed by atoms with van der Waals surface area (Å²) in [7, 11) is 1.62. The summed E-state index contributed by atoms with van der Waals surface area (Å²) in [5.41, 5.74) is 2.77. The summed E-state index contributed by atoms with van der Waals surface area (Å²) >= 11 is 0. The molecule has 1 amide bonds. The number of hydrogen-bond acceptors (Lipinski definition) is 4. The lowest BCUT2D eigenvalue weighted by atomic mass is 10.1. The van der Waals surface area contributed by atoms with Gasteiger partial charge in [-0.05, 0) is 48.9 Å². The predicted molar refractivity (Wildman–Crippen MR) is 110 cm³/mol. The van der Waals surface area contributed by atoms with Crippen molar-refractivity contribution in [1.82, 2.24) is 15.1 Å². The molecule has 0 atom stereocenters. The van der Waals surface area contributed by atoms with Crippen molar-refractivity contribution in [3.8, 4) is 22.9 Å². The lowest BCUT2D eigenvalue weighted by Gasteiger charge is -2.06. The van der Waals surface area contributed by atoms with Gasteiger partial charge in [-0.1, -0.05) is 30.3 Å². The number of aryl methyl sites for hydroxylation is 1. The van der Waals surface area contributed by atoms with Gasteiger partial charge in [0.15, 0.2) is 5.76 Å². The van der Waals surface area contributed by atoms with E-state index in [4.69, 9.17) is 9.15 Å². The van der Waals surface area contributed by atoms with Gasteiger partial charge in [0.05, 0.1) is 18.4 Å². The third-order valence-electron chi connectivity index (χ3n) is 4.54. The first-order chi connectivity index (χ1) is 14.1. The number of para-hydroxylation sites is 1. The molecular formula is C23H21N3O3. The van der Waals surface area contributed by atoms with Gasteiger partial charge in [-0.25, -0.2) is 4.68 Å². The molecule has 6 nitrogen and oxygen atoms in total. The number of hydrogen-bond donors (Lipinski definition) is 1. The number of carbonyl (C=O) groups is 1. The van der Waals surface area contributed by atoms with Crippen molar-refractivity contribution >= 4 is 5.91 Å². The summed E-state index contributed by atoms with van der Waals surface area (Å²) in [6.45, 7) is 2.24. The number of amides is 1. The van der Waals surface area contributed by atoms with Crippen molar-refractivity contribution < 1.29 is 13.9 Å². The number of carbonyl (C=O) groups excluding carboxylic acids is 1. The zero-order valence-electron chi connectivity index (χ0n) is 16.3. The lowest BCUT2D eigenvalue weighted by Crippen LogP contribution is -2.23. The number of ether oxygens (including phenoxy) is 1. The molecule has 29 heavy (non-hydrogen) atoms. The summed E-state index contributed by atoms with van der Waals surface area (Å²) in [6, 6.07) is 20.9. The van der Waals surface area contributed by atoms with Gasteiger partial charge in [0.1, 0.15) is 17.2 Å². The van der Waals surface area contributed by atoms with Crippen LogP contribution in [-0.2, 0) is 6.54 Å². The molecule has 2 aromatic carbocycles. The van der Waals surface area contributed by atoms with Crippen molar-refractivity contribution in [2.24, 2.45) is 0 Å². The Morgan fingerprint density at radius 2 is 1.93 bits per heavy atom. The quantitative estimate of drug-likeness (QED) is 0.533. The monoisotopic (exact) mass is 387 g/mol. The van der Waals surface area contributed by atoms with Crippen LogP contribution in [0.25, 0.3) is 17.1 Å². The summed E-state index contributed by atoms with van der Waals surface area (Å²) in [5.74, 6) is 1.85. The van der Waals surface area contributed by atoms with Crippen molar-refractivity contribution in [1.29, 1.82) is 0 Å². The standard InChI is InChI=1S/C23H21N3O3/c1-16-11-12-21(29-16)22-20(15-26(25-22)18-8-4-3-5-9-18)23(27)24-14-17-7-6-10-19(13-17)28-2/h3-13,15H,14H2,1-2H3,(H,24,27). The average molecular weight is 387 g/mol. The van der Waals surface area contributed by atoms with Crippen LogP contribution < -0.4 is 10.1 Å².